The Morgan fingerprint density at radius 1 is 1.11 bits per heavy atom. The zero-order chi connectivity index (χ0) is 13.3. The Bertz CT molecular complexity index is 629. The second kappa shape index (κ2) is 4.40. The lowest BCUT2D eigenvalue weighted by molar-refractivity contribution is -0.897. The van der Waals surface area contributed by atoms with Gasteiger partial charge in [-0.25, -0.2) is 13.6 Å². The lowest BCUT2D eigenvalue weighted by atomic mass is 10.1. The molecule has 0 aliphatic carbocycles. The SMILES string of the molecule is O=C(O)c1cccc(-c2ccc(F)c(F)c2)[n+]1O. The number of rotatable bonds is 2. The molecule has 18 heavy (non-hydrogen) atoms. The van der Waals surface area contributed by atoms with Crippen LogP contribution in [0.3, 0.4) is 0 Å². The Kier molecular flexibility index (Phi) is 2.93. The van der Waals surface area contributed by atoms with E-state index in [0.717, 1.165) is 12.1 Å². The molecule has 0 amide bonds. The van der Waals surface area contributed by atoms with E-state index in [1.165, 1.54) is 24.3 Å². The van der Waals surface area contributed by atoms with Crippen molar-refractivity contribution in [3.63, 3.8) is 0 Å². The van der Waals surface area contributed by atoms with Gasteiger partial charge in [0.2, 0.25) is 0 Å². The molecule has 0 aliphatic rings. The van der Waals surface area contributed by atoms with Crippen molar-refractivity contribution in [1.82, 2.24) is 0 Å². The topological polar surface area (TPSA) is 61.4 Å². The molecule has 6 heteroatoms. The molecule has 92 valence electrons. The molecule has 1 aromatic heterocycles. The number of carboxylic acid groups (broad SMARTS) is 1. The molecule has 0 saturated carbocycles. The summed E-state index contributed by atoms with van der Waals surface area (Å²) in [5.74, 6) is -3.42. The first-order valence-electron chi connectivity index (χ1n) is 4.93. The summed E-state index contributed by atoms with van der Waals surface area (Å²) >= 11 is 0. The molecule has 1 aromatic carbocycles. The van der Waals surface area contributed by atoms with Gasteiger partial charge in [-0.05, 0) is 24.3 Å². The molecule has 0 fully saturated rings. The van der Waals surface area contributed by atoms with Crippen molar-refractivity contribution < 1.29 is 28.6 Å². The molecule has 2 aromatic rings. The average Bonchev–Trinajstić information content (AvgIpc) is 2.33. The van der Waals surface area contributed by atoms with E-state index in [9.17, 15) is 18.8 Å². The van der Waals surface area contributed by atoms with Crippen LogP contribution in [-0.2, 0) is 0 Å². The monoisotopic (exact) mass is 252 g/mol. The van der Waals surface area contributed by atoms with Gasteiger partial charge in [-0.15, -0.1) is 0 Å². The van der Waals surface area contributed by atoms with Crippen LogP contribution < -0.4 is 4.73 Å². The van der Waals surface area contributed by atoms with Gasteiger partial charge in [-0.1, -0.05) is 0 Å². The average molecular weight is 252 g/mol. The molecule has 0 radical (unpaired) electrons. The molecule has 4 nitrogen and oxygen atoms in total. The number of nitrogens with zero attached hydrogens (tertiary/aromatic N) is 1. The summed E-state index contributed by atoms with van der Waals surface area (Å²) in [4.78, 5) is 10.8. The van der Waals surface area contributed by atoms with Crippen molar-refractivity contribution in [3.8, 4) is 11.3 Å². The van der Waals surface area contributed by atoms with Crippen molar-refractivity contribution in [2.24, 2.45) is 0 Å². The van der Waals surface area contributed by atoms with Crippen LogP contribution in [0.5, 0.6) is 0 Å². The van der Waals surface area contributed by atoms with Crippen LogP contribution in [0.15, 0.2) is 36.4 Å². The minimum Gasteiger partial charge on any atom is -0.473 e. The van der Waals surface area contributed by atoms with Crippen molar-refractivity contribution in [3.05, 3.63) is 53.7 Å². The standard InChI is InChI=1S/C12H7F2NO3/c13-8-5-4-7(6-9(8)14)10-2-1-3-11(12(16)17)15(10)18/h1-6H,(H-,16,17,18)/p+1. The van der Waals surface area contributed by atoms with Gasteiger partial charge < -0.3 is 5.11 Å². The molecule has 0 spiro atoms. The van der Waals surface area contributed by atoms with Crippen molar-refractivity contribution in [1.29, 1.82) is 0 Å². The minimum absolute atomic E-state index is 0.0498. The van der Waals surface area contributed by atoms with E-state index < -0.39 is 17.6 Å². The summed E-state index contributed by atoms with van der Waals surface area (Å²) in [5, 5.41) is 18.5. The Balaban J connectivity index is 2.60. The summed E-state index contributed by atoms with van der Waals surface area (Å²) in [5.41, 5.74) is -0.162. The Morgan fingerprint density at radius 3 is 2.44 bits per heavy atom. The Hall–Kier alpha value is -2.50. The maximum absolute atomic E-state index is 13.1. The molecule has 2 N–H and O–H groups in total. The predicted octanol–water partition coefficient (Wildman–Crippen LogP) is 1.85. The van der Waals surface area contributed by atoms with Gasteiger partial charge >= 0.3 is 11.7 Å². The van der Waals surface area contributed by atoms with Crippen molar-refractivity contribution in [2.75, 3.05) is 0 Å². The molecule has 0 bridgehead atoms. The summed E-state index contributed by atoms with van der Waals surface area (Å²) in [7, 11) is 0. The Labute approximate surface area is 100 Å². The van der Waals surface area contributed by atoms with Crippen LogP contribution in [-0.4, -0.2) is 16.3 Å². The van der Waals surface area contributed by atoms with Crippen molar-refractivity contribution in [2.45, 2.75) is 0 Å². The van der Waals surface area contributed by atoms with E-state index in [1.54, 1.807) is 0 Å². The van der Waals surface area contributed by atoms with E-state index in [-0.39, 0.29) is 17.0 Å². The quantitative estimate of drug-likeness (QED) is 0.633. The highest BCUT2D eigenvalue weighted by atomic mass is 19.2. The van der Waals surface area contributed by atoms with Crippen LogP contribution in [0.4, 0.5) is 8.78 Å². The van der Waals surface area contributed by atoms with Crippen LogP contribution in [0, 0.1) is 11.6 Å². The van der Waals surface area contributed by atoms with Crippen LogP contribution in [0.1, 0.15) is 10.5 Å². The zero-order valence-corrected chi connectivity index (χ0v) is 8.97. The second-order valence-corrected chi connectivity index (χ2v) is 3.54. The zero-order valence-electron chi connectivity index (χ0n) is 8.97. The number of pyridine rings is 1. The summed E-state index contributed by atoms with van der Waals surface area (Å²) < 4.78 is 26.3. The fourth-order valence-electron chi connectivity index (χ4n) is 1.54. The number of hydrogen-bond donors (Lipinski definition) is 2. The van der Waals surface area contributed by atoms with Gasteiger partial charge in [0, 0.05) is 16.9 Å². The molecular formula is C12H8F2NO3+. The Morgan fingerprint density at radius 2 is 1.83 bits per heavy atom. The fraction of sp³-hybridized carbons (Fsp3) is 0. The van der Waals surface area contributed by atoms with Gasteiger partial charge in [-0.2, -0.15) is 0 Å². The van der Waals surface area contributed by atoms with Gasteiger partial charge in [0.1, 0.15) is 0 Å². The number of carboxylic acids is 1. The number of halogens is 2. The van der Waals surface area contributed by atoms with Crippen LogP contribution in [0.25, 0.3) is 11.3 Å². The number of aromatic carboxylic acids is 1. The second-order valence-electron chi connectivity index (χ2n) is 3.54. The van der Waals surface area contributed by atoms with Crippen molar-refractivity contribution >= 4 is 5.97 Å². The fourth-order valence-corrected chi connectivity index (χ4v) is 1.54. The van der Waals surface area contributed by atoms with E-state index in [1.807, 2.05) is 0 Å². The third kappa shape index (κ3) is 2.00. The highest BCUT2D eigenvalue weighted by molar-refractivity contribution is 5.83. The van der Waals surface area contributed by atoms with E-state index >= 15 is 0 Å². The number of benzene rings is 1. The summed E-state index contributed by atoms with van der Waals surface area (Å²) in [6, 6.07) is 6.99. The minimum atomic E-state index is -1.33. The molecule has 1 heterocycles. The van der Waals surface area contributed by atoms with Crippen LogP contribution in [0.2, 0.25) is 0 Å². The number of carbonyl (C=O) groups is 1. The molecule has 0 unspecified atom stereocenters. The normalized spacial score (nSPS) is 10.3. The summed E-state index contributed by atoms with van der Waals surface area (Å²) in [6.07, 6.45) is 0. The highest BCUT2D eigenvalue weighted by Crippen LogP contribution is 2.18. The van der Waals surface area contributed by atoms with Gasteiger partial charge in [0.15, 0.2) is 11.6 Å². The first kappa shape index (κ1) is 12.0. The third-order valence-electron chi connectivity index (χ3n) is 2.40. The summed E-state index contributed by atoms with van der Waals surface area (Å²) in [6.45, 7) is 0. The van der Waals surface area contributed by atoms with E-state index in [4.69, 9.17) is 5.11 Å². The predicted molar refractivity (Wildman–Crippen MR) is 56.1 cm³/mol. The van der Waals surface area contributed by atoms with Gasteiger partial charge in [0.05, 0.1) is 5.56 Å². The molecule has 0 saturated heterocycles. The first-order valence-corrected chi connectivity index (χ1v) is 4.93. The van der Waals surface area contributed by atoms with E-state index in [2.05, 4.69) is 0 Å². The van der Waals surface area contributed by atoms with Gasteiger partial charge in [-0.3, -0.25) is 5.21 Å². The lowest BCUT2D eigenvalue weighted by Gasteiger charge is -2.00. The molecule has 0 atom stereocenters. The number of aromatic nitrogens is 1. The number of hydrogen-bond acceptors (Lipinski definition) is 2. The molecule has 0 aliphatic heterocycles. The maximum Gasteiger partial charge on any atom is 0.406 e. The first-order chi connectivity index (χ1) is 8.50. The van der Waals surface area contributed by atoms with Crippen LogP contribution >= 0.6 is 0 Å². The third-order valence-corrected chi connectivity index (χ3v) is 2.40. The smallest absolute Gasteiger partial charge is 0.406 e. The van der Waals surface area contributed by atoms with E-state index in [0.29, 0.717) is 4.73 Å². The largest absolute Gasteiger partial charge is 0.473 e. The lowest BCUT2D eigenvalue weighted by Crippen LogP contribution is -2.39. The highest BCUT2D eigenvalue weighted by Gasteiger charge is 2.24. The van der Waals surface area contributed by atoms with Gasteiger partial charge in [0.25, 0.3) is 5.69 Å². The molecular weight excluding hydrogens is 244 g/mol. The molecule has 2 rings (SSSR count). The maximum atomic E-state index is 13.1.